The molecule has 0 aliphatic heterocycles. The third-order valence-electron chi connectivity index (χ3n) is 4.44. The van der Waals surface area contributed by atoms with E-state index in [1.807, 2.05) is 18.2 Å². The normalized spacial score (nSPS) is 24.3. The molecule has 0 heterocycles. The van der Waals surface area contributed by atoms with Crippen LogP contribution in [0, 0.1) is 5.92 Å². The van der Waals surface area contributed by atoms with Crippen LogP contribution in [0.4, 0.5) is 0 Å². The van der Waals surface area contributed by atoms with Crippen LogP contribution in [-0.4, -0.2) is 5.78 Å². The van der Waals surface area contributed by atoms with Crippen LogP contribution in [0.3, 0.4) is 0 Å². The van der Waals surface area contributed by atoms with Gasteiger partial charge in [0.15, 0.2) is 5.78 Å². The van der Waals surface area contributed by atoms with E-state index >= 15 is 0 Å². The minimum atomic E-state index is 0.178. The van der Waals surface area contributed by atoms with Crippen LogP contribution in [0.1, 0.15) is 33.0 Å². The number of fused-ring (bicyclic) bond motifs is 4. The predicted octanol–water partition coefficient (Wildman–Crippen LogP) is 3.38. The summed E-state index contributed by atoms with van der Waals surface area (Å²) < 4.78 is 0. The molecular weight excluding hydrogens is 220 g/mol. The molecule has 0 bridgehead atoms. The van der Waals surface area contributed by atoms with E-state index in [0.717, 1.165) is 18.4 Å². The van der Waals surface area contributed by atoms with E-state index in [9.17, 15) is 4.79 Å². The standard InChI is InChI=1S/C17H14O/c18-17-14-8-4-2-6-12(14)9-15-13-7-3-1-5-11(13)10-16(15)17/h1-8,15-16H,9-10H2/t15-,16+/m0/s1. The molecule has 2 aromatic carbocycles. The SMILES string of the molecule is O=C1c2ccccc2C[C@H]2c3ccccc3C[C@@H]12. The van der Waals surface area contributed by atoms with Crippen LogP contribution in [0.15, 0.2) is 48.5 Å². The largest absolute Gasteiger partial charge is 0.294 e. The highest BCUT2D eigenvalue weighted by Crippen LogP contribution is 2.45. The van der Waals surface area contributed by atoms with Crippen LogP contribution in [0.25, 0.3) is 0 Å². The Hall–Kier alpha value is -1.89. The van der Waals surface area contributed by atoms with Crippen molar-refractivity contribution in [3.8, 4) is 0 Å². The number of carbonyl (C=O) groups is 1. The Kier molecular flexibility index (Phi) is 1.99. The molecule has 2 aliphatic carbocycles. The number of ketones is 1. The lowest BCUT2D eigenvalue weighted by molar-refractivity contribution is 0.0894. The van der Waals surface area contributed by atoms with E-state index in [1.165, 1.54) is 16.7 Å². The topological polar surface area (TPSA) is 17.1 Å². The van der Waals surface area contributed by atoms with E-state index < -0.39 is 0 Å². The molecule has 88 valence electrons. The summed E-state index contributed by atoms with van der Waals surface area (Å²) in [6.45, 7) is 0. The van der Waals surface area contributed by atoms with Gasteiger partial charge in [0.1, 0.15) is 0 Å². The Morgan fingerprint density at radius 3 is 2.33 bits per heavy atom. The molecule has 2 atom stereocenters. The fourth-order valence-corrected chi connectivity index (χ4v) is 3.58. The Morgan fingerprint density at radius 2 is 1.44 bits per heavy atom. The van der Waals surface area contributed by atoms with Crippen LogP contribution in [0.5, 0.6) is 0 Å². The van der Waals surface area contributed by atoms with E-state index in [4.69, 9.17) is 0 Å². The van der Waals surface area contributed by atoms with Crippen molar-refractivity contribution in [3.05, 3.63) is 70.8 Å². The maximum absolute atomic E-state index is 12.6. The van der Waals surface area contributed by atoms with Crippen LogP contribution < -0.4 is 0 Å². The first kappa shape index (κ1) is 10.1. The van der Waals surface area contributed by atoms with Crippen LogP contribution >= 0.6 is 0 Å². The van der Waals surface area contributed by atoms with Gasteiger partial charge in [0.05, 0.1) is 0 Å². The van der Waals surface area contributed by atoms with E-state index in [-0.39, 0.29) is 5.92 Å². The van der Waals surface area contributed by atoms with Crippen molar-refractivity contribution in [1.82, 2.24) is 0 Å². The molecule has 1 heteroatoms. The Bertz CT molecular complexity index is 642. The van der Waals surface area contributed by atoms with Gasteiger partial charge in [-0.25, -0.2) is 0 Å². The number of hydrogen-bond donors (Lipinski definition) is 0. The van der Waals surface area contributed by atoms with Crippen LogP contribution in [0.2, 0.25) is 0 Å². The van der Waals surface area contributed by atoms with Crippen molar-refractivity contribution in [2.45, 2.75) is 18.8 Å². The molecule has 0 radical (unpaired) electrons. The third kappa shape index (κ3) is 1.25. The maximum Gasteiger partial charge on any atom is 0.167 e. The minimum Gasteiger partial charge on any atom is -0.294 e. The first-order chi connectivity index (χ1) is 8.84. The second-order valence-electron chi connectivity index (χ2n) is 5.34. The van der Waals surface area contributed by atoms with E-state index in [2.05, 4.69) is 30.3 Å². The molecule has 2 aromatic rings. The van der Waals surface area contributed by atoms with Crippen molar-refractivity contribution >= 4 is 5.78 Å². The molecule has 4 rings (SSSR count). The van der Waals surface area contributed by atoms with Gasteiger partial charge in [-0.15, -0.1) is 0 Å². The second kappa shape index (κ2) is 3.55. The molecule has 18 heavy (non-hydrogen) atoms. The van der Waals surface area contributed by atoms with Gasteiger partial charge in [0, 0.05) is 11.5 Å². The number of carbonyl (C=O) groups excluding carboxylic acids is 1. The molecule has 0 aromatic heterocycles. The summed E-state index contributed by atoms with van der Waals surface area (Å²) in [5, 5.41) is 0. The van der Waals surface area contributed by atoms with E-state index in [0.29, 0.717) is 11.7 Å². The zero-order chi connectivity index (χ0) is 12.1. The maximum atomic E-state index is 12.6. The van der Waals surface area contributed by atoms with Gasteiger partial charge in [-0.1, -0.05) is 48.5 Å². The highest BCUT2D eigenvalue weighted by atomic mass is 16.1. The van der Waals surface area contributed by atoms with Gasteiger partial charge >= 0.3 is 0 Å². The lowest BCUT2D eigenvalue weighted by atomic mass is 9.75. The summed E-state index contributed by atoms with van der Waals surface area (Å²) in [7, 11) is 0. The highest BCUT2D eigenvalue weighted by molar-refractivity contribution is 6.01. The van der Waals surface area contributed by atoms with Gasteiger partial charge in [0.2, 0.25) is 0 Å². The molecule has 0 fully saturated rings. The van der Waals surface area contributed by atoms with Gasteiger partial charge in [0.25, 0.3) is 0 Å². The van der Waals surface area contributed by atoms with Crippen molar-refractivity contribution in [2.75, 3.05) is 0 Å². The van der Waals surface area contributed by atoms with Crippen LogP contribution in [-0.2, 0) is 12.8 Å². The zero-order valence-electron chi connectivity index (χ0n) is 10.1. The predicted molar refractivity (Wildman–Crippen MR) is 70.9 cm³/mol. The highest BCUT2D eigenvalue weighted by Gasteiger charge is 2.41. The van der Waals surface area contributed by atoms with Crippen molar-refractivity contribution in [1.29, 1.82) is 0 Å². The molecule has 1 nitrogen and oxygen atoms in total. The number of benzene rings is 2. The fraction of sp³-hybridized carbons (Fsp3) is 0.235. The molecule has 2 aliphatic rings. The lowest BCUT2D eigenvalue weighted by Gasteiger charge is -2.26. The first-order valence-corrected chi connectivity index (χ1v) is 6.54. The molecule has 0 saturated carbocycles. The third-order valence-corrected chi connectivity index (χ3v) is 4.44. The number of rotatable bonds is 0. The Labute approximate surface area is 106 Å². The summed E-state index contributed by atoms with van der Waals surface area (Å²) >= 11 is 0. The number of Topliss-reactive ketones (excluding diaryl/α,β-unsaturated/α-hetero) is 1. The van der Waals surface area contributed by atoms with E-state index in [1.54, 1.807) is 0 Å². The zero-order valence-corrected chi connectivity index (χ0v) is 10.1. The molecule has 0 spiro atoms. The Balaban J connectivity index is 1.86. The van der Waals surface area contributed by atoms with Crippen molar-refractivity contribution < 1.29 is 4.79 Å². The Morgan fingerprint density at radius 1 is 0.778 bits per heavy atom. The summed E-state index contributed by atoms with van der Waals surface area (Å²) in [4.78, 5) is 12.6. The van der Waals surface area contributed by atoms with Gasteiger partial charge in [-0.2, -0.15) is 0 Å². The fourth-order valence-electron chi connectivity index (χ4n) is 3.58. The summed E-state index contributed by atoms with van der Waals surface area (Å²) in [5.41, 5.74) is 4.94. The first-order valence-electron chi connectivity index (χ1n) is 6.54. The van der Waals surface area contributed by atoms with Gasteiger partial charge < -0.3 is 0 Å². The smallest absolute Gasteiger partial charge is 0.167 e. The van der Waals surface area contributed by atoms with Gasteiger partial charge in [-0.05, 0) is 35.4 Å². The molecular formula is C17H14O. The lowest BCUT2D eigenvalue weighted by Crippen LogP contribution is -2.27. The quantitative estimate of drug-likeness (QED) is 0.683. The minimum absolute atomic E-state index is 0.178. The van der Waals surface area contributed by atoms with Crippen molar-refractivity contribution in [2.24, 2.45) is 5.92 Å². The average Bonchev–Trinajstić information content (AvgIpc) is 2.79. The molecule has 0 unspecified atom stereocenters. The van der Waals surface area contributed by atoms with Gasteiger partial charge in [-0.3, -0.25) is 4.79 Å². The van der Waals surface area contributed by atoms with Crippen molar-refractivity contribution in [3.63, 3.8) is 0 Å². The average molecular weight is 234 g/mol. The number of hydrogen-bond acceptors (Lipinski definition) is 1. The molecule has 0 N–H and O–H groups in total. The monoisotopic (exact) mass is 234 g/mol. The second-order valence-corrected chi connectivity index (χ2v) is 5.34. The molecule has 0 saturated heterocycles. The molecule has 0 amide bonds. The summed E-state index contributed by atoms with van der Waals surface area (Å²) in [6.07, 6.45) is 1.94. The summed E-state index contributed by atoms with van der Waals surface area (Å²) in [6, 6.07) is 16.6. The summed E-state index contributed by atoms with van der Waals surface area (Å²) in [5.74, 6) is 0.930.